The van der Waals surface area contributed by atoms with Gasteiger partial charge in [-0.05, 0) is 20.3 Å². The monoisotopic (exact) mass is 462 g/mol. The SMILES string of the molecule is CCC1O[C@@H](C)C(O)C(OC(C)C(I)C(O)C(O)C(C)CO)[C@@H]1O. The van der Waals surface area contributed by atoms with Crippen LogP contribution in [0.2, 0.25) is 0 Å². The van der Waals surface area contributed by atoms with E-state index in [1.807, 2.05) is 29.5 Å². The Morgan fingerprint density at radius 3 is 2.21 bits per heavy atom. The van der Waals surface area contributed by atoms with Gasteiger partial charge in [0.05, 0.1) is 34.4 Å². The molecule has 1 heterocycles. The minimum atomic E-state index is -1.10. The second kappa shape index (κ2) is 9.96. The standard InChI is InChI=1S/C16H31IO7/c1-5-10-14(21)16(13(20)9(4)23-10)24-8(3)11(17)15(22)12(19)7(2)6-18/h7-16,18-22H,5-6H2,1-4H3/t7?,8?,9-,10?,11?,12?,13?,14+,15?,16?/m0/s1. The first kappa shape index (κ1) is 22.5. The van der Waals surface area contributed by atoms with Crippen molar-refractivity contribution < 1.29 is 35.0 Å². The molecule has 8 heteroatoms. The Bertz CT molecular complexity index is 372. The number of halogens is 1. The van der Waals surface area contributed by atoms with E-state index < -0.39 is 58.7 Å². The summed E-state index contributed by atoms with van der Waals surface area (Å²) in [5, 5.41) is 50.1. The lowest BCUT2D eigenvalue weighted by Crippen LogP contribution is -2.59. The summed E-state index contributed by atoms with van der Waals surface area (Å²) in [6.07, 6.45) is -5.78. The molecule has 7 nitrogen and oxygen atoms in total. The van der Waals surface area contributed by atoms with Crippen LogP contribution >= 0.6 is 22.6 Å². The Morgan fingerprint density at radius 2 is 1.71 bits per heavy atom. The maximum absolute atomic E-state index is 10.4. The summed E-state index contributed by atoms with van der Waals surface area (Å²) < 4.78 is 10.9. The number of alkyl halides is 1. The predicted molar refractivity (Wildman–Crippen MR) is 97.0 cm³/mol. The van der Waals surface area contributed by atoms with Gasteiger partial charge in [-0.25, -0.2) is 0 Å². The highest BCUT2D eigenvalue weighted by atomic mass is 127. The highest BCUT2D eigenvalue weighted by Gasteiger charge is 2.44. The molecule has 0 aliphatic carbocycles. The molecule has 0 bridgehead atoms. The fraction of sp³-hybridized carbons (Fsp3) is 1.00. The molecule has 0 amide bonds. The highest BCUT2D eigenvalue weighted by Crippen LogP contribution is 2.28. The summed E-state index contributed by atoms with van der Waals surface area (Å²) >= 11 is 1.98. The van der Waals surface area contributed by atoms with E-state index in [0.29, 0.717) is 6.42 Å². The van der Waals surface area contributed by atoms with Crippen molar-refractivity contribution in [2.75, 3.05) is 6.61 Å². The van der Waals surface area contributed by atoms with E-state index in [0.717, 1.165) is 0 Å². The molecule has 0 radical (unpaired) electrons. The molecule has 1 rings (SSSR count). The van der Waals surface area contributed by atoms with E-state index in [1.54, 1.807) is 20.8 Å². The summed E-state index contributed by atoms with van der Waals surface area (Å²) in [5.74, 6) is -0.465. The number of hydrogen-bond donors (Lipinski definition) is 5. The largest absolute Gasteiger partial charge is 0.396 e. The zero-order chi connectivity index (χ0) is 18.6. The molecule has 1 aliphatic rings. The van der Waals surface area contributed by atoms with E-state index in [-0.39, 0.29) is 6.61 Å². The van der Waals surface area contributed by atoms with E-state index in [4.69, 9.17) is 14.6 Å². The van der Waals surface area contributed by atoms with Gasteiger partial charge in [-0.2, -0.15) is 0 Å². The molecule has 0 aromatic heterocycles. The van der Waals surface area contributed by atoms with Crippen molar-refractivity contribution in [3.05, 3.63) is 0 Å². The molecule has 10 atom stereocenters. The van der Waals surface area contributed by atoms with Gasteiger partial charge in [-0.15, -0.1) is 0 Å². The fourth-order valence-corrected chi connectivity index (χ4v) is 3.44. The first-order chi connectivity index (χ1) is 11.1. The summed E-state index contributed by atoms with van der Waals surface area (Å²) in [4.78, 5) is 0. The Labute approximate surface area is 157 Å². The van der Waals surface area contributed by atoms with Crippen molar-refractivity contribution in [3.8, 4) is 0 Å². The van der Waals surface area contributed by atoms with Crippen LogP contribution in [-0.4, -0.2) is 84.9 Å². The summed E-state index contributed by atoms with van der Waals surface area (Å²) in [6.45, 7) is 6.74. The Kier molecular flexibility index (Phi) is 9.33. The zero-order valence-corrected chi connectivity index (χ0v) is 16.8. The average Bonchev–Trinajstić information content (AvgIpc) is 2.58. The van der Waals surface area contributed by atoms with Crippen LogP contribution in [0.5, 0.6) is 0 Å². The second-order valence-electron chi connectivity index (χ2n) is 6.66. The minimum absolute atomic E-state index is 0.232. The van der Waals surface area contributed by atoms with Gasteiger partial charge in [0.2, 0.25) is 0 Å². The lowest BCUT2D eigenvalue weighted by atomic mass is 9.93. The Hall–Kier alpha value is 0.450. The van der Waals surface area contributed by atoms with Crippen molar-refractivity contribution in [1.82, 2.24) is 0 Å². The van der Waals surface area contributed by atoms with Crippen LogP contribution in [0.15, 0.2) is 0 Å². The number of hydrogen-bond acceptors (Lipinski definition) is 7. The van der Waals surface area contributed by atoms with Gasteiger partial charge in [0.1, 0.15) is 18.3 Å². The highest BCUT2D eigenvalue weighted by molar-refractivity contribution is 14.1. The number of aliphatic hydroxyl groups excluding tert-OH is 5. The van der Waals surface area contributed by atoms with Crippen LogP contribution < -0.4 is 0 Å². The quantitative estimate of drug-likeness (QED) is 0.251. The van der Waals surface area contributed by atoms with Crippen LogP contribution in [0.1, 0.15) is 34.1 Å². The van der Waals surface area contributed by atoms with E-state index in [9.17, 15) is 20.4 Å². The number of aliphatic hydroxyl groups is 5. The first-order valence-electron chi connectivity index (χ1n) is 8.43. The molecule has 144 valence electrons. The average molecular weight is 462 g/mol. The van der Waals surface area contributed by atoms with E-state index >= 15 is 0 Å². The third-order valence-electron chi connectivity index (χ3n) is 4.69. The molecule has 0 saturated carbocycles. The van der Waals surface area contributed by atoms with Crippen LogP contribution in [0, 0.1) is 5.92 Å². The molecule has 1 saturated heterocycles. The second-order valence-corrected chi connectivity index (χ2v) is 8.10. The van der Waals surface area contributed by atoms with Gasteiger partial charge in [0.15, 0.2) is 0 Å². The van der Waals surface area contributed by atoms with Crippen LogP contribution in [0.25, 0.3) is 0 Å². The van der Waals surface area contributed by atoms with Crippen LogP contribution in [-0.2, 0) is 9.47 Å². The van der Waals surface area contributed by atoms with Crippen molar-refractivity contribution >= 4 is 22.6 Å². The van der Waals surface area contributed by atoms with Gasteiger partial charge in [-0.1, -0.05) is 36.4 Å². The van der Waals surface area contributed by atoms with Crippen molar-refractivity contribution in [1.29, 1.82) is 0 Å². The summed E-state index contributed by atoms with van der Waals surface area (Å²) in [5.41, 5.74) is 0. The zero-order valence-electron chi connectivity index (χ0n) is 14.6. The smallest absolute Gasteiger partial charge is 0.115 e. The van der Waals surface area contributed by atoms with Crippen LogP contribution in [0.3, 0.4) is 0 Å². The molecular weight excluding hydrogens is 431 g/mol. The van der Waals surface area contributed by atoms with E-state index in [2.05, 4.69) is 0 Å². The molecule has 5 N–H and O–H groups in total. The van der Waals surface area contributed by atoms with Gasteiger partial charge >= 0.3 is 0 Å². The summed E-state index contributed by atoms with van der Waals surface area (Å²) in [6, 6.07) is 0. The normalized spacial score (nSPS) is 37.5. The van der Waals surface area contributed by atoms with Gasteiger partial charge in [0, 0.05) is 12.5 Å². The lowest BCUT2D eigenvalue weighted by molar-refractivity contribution is -0.241. The molecular formula is C16H31IO7. The topological polar surface area (TPSA) is 120 Å². The number of rotatable bonds is 8. The molecule has 0 aromatic rings. The van der Waals surface area contributed by atoms with Crippen LogP contribution in [0.4, 0.5) is 0 Å². The summed E-state index contributed by atoms with van der Waals surface area (Å²) in [7, 11) is 0. The molecule has 0 spiro atoms. The van der Waals surface area contributed by atoms with Gasteiger partial charge in [-0.3, -0.25) is 0 Å². The molecule has 24 heavy (non-hydrogen) atoms. The van der Waals surface area contributed by atoms with Crippen molar-refractivity contribution in [2.45, 2.75) is 86.9 Å². The van der Waals surface area contributed by atoms with Crippen molar-refractivity contribution in [3.63, 3.8) is 0 Å². The number of ether oxygens (including phenoxy) is 2. The first-order valence-corrected chi connectivity index (χ1v) is 9.68. The third-order valence-corrected chi connectivity index (χ3v) is 6.44. The Balaban J connectivity index is 2.74. The maximum Gasteiger partial charge on any atom is 0.115 e. The van der Waals surface area contributed by atoms with Crippen molar-refractivity contribution in [2.24, 2.45) is 5.92 Å². The molecule has 1 aliphatic heterocycles. The fourth-order valence-electron chi connectivity index (χ4n) is 2.85. The molecule has 0 aromatic carbocycles. The van der Waals surface area contributed by atoms with Gasteiger partial charge < -0.3 is 35.0 Å². The van der Waals surface area contributed by atoms with Gasteiger partial charge in [0.25, 0.3) is 0 Å². The predicted octanol–water partition coefficient (Wildman–Crippen LogP) is -0.167. The molecule has 1 fully saturated rings. The lowest BCUT2D eigenvalue weighted by Gasteiger charge is -2.43. The minimum Gasteiger partial charge on any atom is -0.396 e. The Morgan fingerprint density at radius 1 is 1.12 bits per heavy atom. The molecule has 8 unspecified atom stereocenters. The maximum atomic E-state index is 10.4. The van der Waals surface area contributed by atoms with E-state index in [1.165, 1.54) is 0 Å². The third kappa shape index (κ3) is 5.23.